The van der Waals surface area contributed by atoms with Gasteiger partial charge in [-0.1, -0.05) is 32.6 Å². The maximum absolute atomic E-state index is 13.9. The second kappa shape index (κ2) is 5.89. The average molecular weight is 267 g/mol. The zero-order chi connectivity index (χ0) is 14.0. The fourth-order valence-corrected chi connectivity index (χ4v) is 3.09. The number of rotatable bonds is 3. The minimum Gasteiger partial charge on any atom is -0.396 e. The molecule has 0 aromatic heterocycles. The van der Waals surface area contributed by atoms with E-state index in [4.69, 9.17) is 5.73 Å². The fourth-order valence-electron chi connectivity index (χ4n) is 3.09. The normalized spacial score (nSPS) is 23.6. The molecule has 0 heterocycles. The molecule has 106 valence electrons. The van der Waals surface area contributed by atoms with Gasteiger partial charge in [-0.25, -0.2) is 8.78 Å². The van der Waals surface area contributed by atoms with Gasteiger partial charge in [-0.2, -0.15) is 0 Å². The summed E-state index contributed by atoms with van der Waals surface area (Å²) in [5, 5.41) is 0. The molecule has 1 aromatic carbocycles. The molecule has 1 aliphatic carbocycles. The Labute approximate surface area is 114 Å². The number of halogens is 2. The van der Waals surface area contributed by atoms with Crippen LogP contribution in [0.3, 0.4) is 0 Å². The third kappa shape index (κ3) is 3.26. The van der Waals surface area contributed by atoms with E-state index in [0.717, 1.165) is 17.9 Å². The standard InChI is InChI=1S/C16H23F2N/c1-10-3-5-12(6-4-10)7-8-13-11(2)9-14(19)16(18)15(13)17/h9-10,12H,3-8,19H2,1-2H3. The number of nitrogens with two attached hydrogens (primary N) is 1. The van der Waals surface area contributed by atoms with Crippen molar-refractivity contribution in [1.29, 1.82) is 0 Å². The number of nitrogen functional groups attached to an aromatic ring is 1. The van der Waals surface area contributed by atoms with Gasteiger partial charge in [0.05, 0.1) is 5.69 Å². The quantitative estimate of drug-likeness (QED) is 0.795. The topological polar surface area (TPSA) is 26.0 Å². The largest absolute Gasteiger partial charge is 0.396 e. The second-order valence-electron chi connectivity index (χ2n) is 6.05. The minimum atomic E-state index is -0.891. The van der Waals surface area contributed by atoms with Crippen LogP contribution in [0.4, 0.5) is 14.5 Å². The molecule has 0 aliphatic heterocycles. The van der Waals surface area contributed by atoms with Crippen LogP contribution < -0.4 is 5.73 Å². The van der Waals surface area contributed by atoms with Gasteiger partial charge >= 0.3 is 0 Å². The summed E-state index contributed by atoms with van der Waals surface area (Å²) < 4.78 is 27.4. The van der Waals surface area contributed by atoms with Gasteiger partial charge in [-0.15, -0.1) is 0 Å². The Balaban J connectivity index is 2.02. The summed E-state index contributed by atoms with van der Waals surface area (Å²) in [6.45, 7) is 4.09. The Kier molecular flexibility index (Phi) is 4.43. The molecule has 0 saturated heterocycles. The lowest BCUT2D eigenvalue weighted by Crippen LogP contribution is -2.14. The van der Waals surface area contributed by atoms with Crippen LogP contribution in [0.2, 0.25) is 0 Å². The van der Waals surface area contributed by atoms with Crippen molar-refractivity contribution in [3.8, 4) is 0 Å². The third-order valence-corrected chi connectivity index (χ3v) is 4.50. The molecule has 19 heavy (non-hydrogen) atoms. The van der Waals surface area contributed by atoms with Crippen LogP contribution >= 0.6 is 0 Å². The van der Waals surface area contributed by atoms with E-state index in [0.29, 0.717) is 17.9 Å². The van der Waals surface area contributed by atoms with Crippen molar-refractivity contribution in [3.05, 3.63) is 28.8 Å². The molecule has 0 bridgehead atoms. The molecule has 2 N–H and O–H groups in total. The van der Waals surface area contributed by atoms with Gasteiger partial charge in [0.15, 0.2) is 11.6 Å². The number of benzene rings is 1. The summed E-state index contributed by atoms with van der Waals surface area (Å²) in [5.41, 5.74) is 6.61. The molecule has 1 aromatic rings. The van der Waals surface area contributed by atoms with Gasteiger partial charge in [0.2, 0.25) is 0 Å². The Morgan fingerprint density at radius 2 is 1.79 bits per heavy atom. The highest BCUT2D eigenvalue weighted by atomic mass is 19.2. The van der Waals surface area contributed by atoms with Crippen molar-refractivity contribution >= 4 is 5.69 Å². The zero-order valence-corrected chi connectivity index (χ0v) is 11.8. The third-order valence-electron chi connectivity index (χ3n) is 4.50. The Bertz CT molecular complexity index is 449. The summed E-state index contributed by atoms with van der Waals surface area (Å²) in [4.78, 5) is 0. The van der Waals surface area contributed by atoms with Crippen molar-refractivity contribution in [2.45, 2.75) is 52.4 Å². The van der Waals surface area contributed by atoms with Crippen molar-refractivity contribution in [2.75, 3.05) is 5.73 Å². The Morgan fingerprint density at radius 3 is 2.42 bits per heavy atom. The SMILES string of the molecule is Cc1cc(N)c(F)c(F)c1CCC1CCC(C)CC1. The van der Waals surface area contributed by atoms with Crippen molar-refractivity contribution in [1.82, 2.24) is 0 Å². The molecule has 1 saturated carbocycles. The fraction of sp³-hybridized carbons (Fsp3) is 0.625. The predicted molar refractivity (Wildman–Crippen MR) is 75.0 cm³/mol. The van der Waals surface area contributed by atoms with Crippen molar-refractivity contribution in [3.63, 3.8) is 0 Å². The molecular formula is C16H23F2N. The van der Waals surface area contributed by atoms with Crippen molar-refractivity contribution in [2.24, 2.45) is 11.8 Å². The first-order valence-electron chi connectivity index (χ1n) is 7.22. The molecule has 2 rings (SSSR count). The van der Waals surface area contributed by atoms with Gasteiger partial charge in [0.1, 0.15) is 0 Å². The molecule has 0 atom stereocenters. The van der Waals surface area contributed by atoms with Gasteiger partial charge in [-0.3, -0.25) is 0 Å². The first-order valence-corrected chi connectivity index (χ1v) is 7.22. The Morgan fingerprint density at radius 1 is 1.16 bits per heavy atom. The smallest absolute Gasteiger partial charge is 0.181 e. The molecule has 0 radical (unpaired) electrons. The summed E-state index contributed by atoms with van der Waals surface area (Å²) >= 11 is 0. The molecule has 1 nitrogen and oxygen atoms in total. The van der Waals surface area contributed by atoms with E-state index in [1.807, 2.05) is 0 Å². The molecule has 0 unspecified atom stereocenters. The number of aryl methyl sites for hydroxylation is 1. The van der Waals surface area contributed by atoms with Gasteiger partial charge in [0.25, 0.3) is 0 Å². The van der Waals surface area contributed by atoms with Crippen LogP contribution in [-0.2, 0) is 6.42 Å². The first kappa shape index (κ1) is 14.3. The van der Waals surface area contributed by atoms with Gasteiger partial charge in [-0.05, 0) is 48.8 Å². The van der Waals surface area contributed by atoms with E-state index in [-0.39, 0.29) is 5.69 Å². The minimum absolute atomic E-state index is 0.0924. The molecule has 1 fully saturated rings. The van der Waals surface area contributed by atoms with Crippen LogP contribution in [0, 0.1) is 30.4 Å². The zero-order valence-electron chi connectivity index (χ0n) is 11.8. The summed E-state index contributed by atoms with van der Waals surface area (Å²) in [7, 11) is 0. The molecule has 0 amide bonds. The van der Waals surface area contributed by atoms with E-state index in [1.165, 1.54) is 31.7 Å². The van der Waals surface area contributed by atoms with Crippen LogP contribution in [0.1, 0.15) is 50.2 Å². The van der Waals surface area contributed by atoms with Crippen molar-refractivity contribution < 1.29 is 8.78 Å². The Hall–Kier alpha value is -1.12. The maximum Gasteiger partial charge on any atom is 0.181 e. The van der Waals surface area contributed by atoms with Crippen LogP contribution in [0.25, 0.3) is 0 Å². The maximum atomic E-state index is 13.9. The van der Waals surface area contributed by atoms with Gasteiger partial charge < -0.3 is 5.73 Å². The number of anilines is 1. The molecular weight excluding hydrogens is 244 g/mol. The molecule has 3 heteroatoms. The van der Waals surface area contributed by atoms with E-state index in [9.17, 15) is 8.78 Å². The number of hydrogen-bond donors (Lipinski definition) is 1. The number of hydrogen-bond acceptors (Lipinski definition) is 1. The lowest BCUT2D eigenvalue weighted by atomic mass is 9.80. The predicted octanol–water partition coefficient (Wildman–Crippen LogP) is 4.61. The van der Waals surface area contributed by atoms with Crippen LogP contribution in [0.5, 0.6) is 0 Å². The van der Waals surface area contributed by atoms with E-state index >= 15 is 0 Å². The van der Waals surface area contributed by atoms with E-state index < -0.39 is 11.6 Å². The van der Waals surface area contributed by atoms with E-state index in [2.05, 4.69) is 6.92 Å². The molecule has 0 spiro atoms. The monoisotopic (exact) mass is 267 g/mol. The first-order chi connectivity index (χ1) is 8.99. The highest BCUT2D eigenvalue weighted by Crippen LogP contribution is 2.32. The lowest BCUT2D eigenvalue weighted by molar-refractivity contribution is 0.277. The van der Waals surface area contributed by atoms with E-state index in [1.54, 1.807) is 6.92 Å². The second-order valence-corrected chi connectivity index (χ2v) is 6.05. The lowest BCUT2D eigenvalue weighted by Gasteiger charge is -2.26. The van der Waals surface area contributed by atoms with Gasteiger partial charge in [0, 0.05) is 0 Å². The highest BCUT2D eigenvalue weighted by molar-refractivity contribution is 5.46. The highest BCUT2D eigenvalue weighted by Gasteiger charge is 2.20. The van der Waals surface area contributed by atoms with Crippen LogP contribution in [0.15, 0.2) is 6.07 Å². The van der Waals surface area contributed by atoms with Crippen LogP contribution in [-0.4, -0.2) is 0 Å². The summed E-state index contributed by atoms with van der Waals surface area (Å²) in [6, 6.07) is 1.54. The molecule has 1 aliphatic rings. The summed E-state index contributed by atoms with van der Waals surface area (Å²) in [5.74, 6) is -0.154. The summed E-state index contributed by atoms with van der Waals surface area (Å²) in [6.07, 6.45) is 6.55. The average Bonchev–Trinajstić information content (AvgIpc) is 2.38.